The quantitative estimate of drug-likeness (QED) is 0.561. The van der Waals surface area contributed by atoms with Gasteiger partial charge in [-0.2, -0.15) is 4.98 Å². The van der Waals surface area contributed by atoms with Gasteiger partial charge in [0.25, 0.3) is 0 Å². The molecule has 3 rings (SSSR count). The standard InChI is InChI=1S/C20H20Cl2N4O3/c1-3-28-15-7-4-13(5-8-15)20-24-19(29-25-20)12-26(2)11-18(27)23-14-6-9-16(21)17(22)10-14/h4-10H,3,11-12H2,1-2H3,(H,23,27). The van der Waals surface area contributed by atoms with E-state index >= 15 is 0 Å². The summed E-state index contributed by atoms with van der Waals surface area (Å²) in [5, 5.41) is 7.58. The Hall–Kier alpha value is -2.61. The molecule has 0 spiro atoms. The summed E-state index contributed by atoms with van der Waals surface area (Å²) < 4.78 is 10.7. The van der Waals surface area contributed by atoms with Gasteiger partial charge in [0, 0.05) is 11.3 Å². The lowest BCUT2D eigenvalue weighted by Gasteiger charge is -2.14. The predicted molar refractivity (Wildman–Crippen MR) is 112 cm³/mol. The molecule has 0 unspecified atom stereocenters. The van der Waals surface area contributed by atoms with Crippen LogP contribution in [0.4, 0.5) is 5.69 Å². The number of carbonyl (C=O) groups excluding carboxylic acids is 1. The molecule has 0 radical (unpaired) electrons. The van der Waals surface area contributed by atoms with Gasteiger partial charge in [-0.1, -0.05) is 28.4 Å². The minimum absolute atomic E-state index is 0.140. The third-order valence-corrected chi connectivity index (χ3v) is 4.65. The van der Waals surface area contributed by atoms with Crippen LogP contribution in [0, 0.1) is 0 Å². The normalized spacial score (nSPS) is 10.9. The molecule has 1 amide bonds. The number of rotatable bonds is 8. The lowest BCUT2D eigenvalue weighted by atomic mass is 10.2. The van der Waals surface area contributed by atoms with Gasteiger partial charge in [-0.3, -0.25) is 9.69 Å². The monoisotopic (exact) mass is 434 g/mol. The molecule has 152 valence electrons. The summed E-state index contributed by atoms with van der Waals surface area (Å²) in [4.78, 5) is 18.4. The number of carbonyl (C=O) groups is 1. The van der Waals surface area contributed by atoms with Gasteiger partial charge in [0.2, 0.25) is 17.6 Å². The number of nitrogens with one attached hydrogen (secondary N) is 1. The van der Waals surface area contributed by atoms with Crippen molar-refractivity contribution >= 4 is 34.8 Å². The maximum absolute atomic E-state index is 12.2. The Morgan fingerprint density at radius 3 is 2.62 bits per heavy atom. The fourth-order valence-electron chi connectivity index (χ4n) is 2.61. The lowest BCUT2D eigenvalue weighted by Crippen LogP contribution is -2.29. The van der Waals surface area contributed by atoms with Gasteiger partial charge in [-0.15, -0.1) is 0 Å². The van der Waals surface area contributed by atoms with Crippen molar-refractivity contribution in [3.63, 3.8) is 0 Å². The van der Waals surface area contributed by atoms with Gasteiger partial charge >= 0.3 is 0 Å². The molecule has 7 nitrogen and oxygen atoms in total. The zero-order valence-corrected chi connectivity index (χ0v) is 17.5. The van der Waals surface area contributed by atoms with Crippen molar-refractivity contribution in [2.45, 2.75) is 13.5 Å². The van der Waals surface area contributed by atoms with E-state index in [2.05, 4.69) is 15.5 Å². The number of amides is 1. The number of halogens is 2. The van der Waals surface area contributed by atoms with E-state index in [0.717, 1.165) is 11.3 Å². The summed E-state index contributed by atoms with van der Waals surface area (Å²) in [6, 6.07) is 12.4. The first-order valence-corrected chi connectivity index (χ1v) is 9.69. The Kier molecular flexibility index (Phi) is 7.09. The molecule has 1 N–H and O–H groups in total. The van der Waals surface area contributed by atoms with Gasteiger partial charge in [0.05, 0.1) is 29.7 Å². The third-order valence-electron chi connectivity index (χ3n) is 3.91. The number of hydrogen-bond acceptors (Lipinski definition) is 6. The largest absolute Gasteiger partial charge is 0.494 e. The summed E-state index contributed by atoms with van der Waals surface area (Å²) in [6.07, 6.45) is 0. The van der Waals surface area contributed by atoms with Gasteiger partial charge in [-0.25, -0.2) is 0 Å². The zero-order valence-electron chi connectivity index (χ0n) is 16.0. The van der Waals surface area contributed by atoms with Crippen LogP contribution >= 0.6 is 23.2 Å². The first-order valence-electron chi connectivity index (χ1n) is 8.94. The van der Waals surface area contributed by atoms with Crippen molar-refractivity contribution < 1.29 is 14.1 Å². The van der Waals surface area contributed by atoms with E-state index in [1.165, 1.54) is 0 Å². The third kappa shape index (κ3) is 5.93. The van der Waals surface area contributed by atoms with Crippen molar-refractivity contribution in [1.29, 1.82) is 0 Å². The zero-order chi connectivity index (χ0) is 20.8. The second kappa shape index (κ2) is 9.73. The van der Waals surface area contributed by atoms with E-state index in [1.54, 1.807) is 30.1 Å². The number of ether oxygens (including phenoxy) is 1. The molecule has 0 fully saturated rings. The van der Waals surface area contributed by atoms with E-state index in [-0.39, 0.29) is 12.5 Å². The first-order chi connectivity index (χ1) is 13.9. The molecular formula is C20H20Cl2N4O3. The van der Waals surface area contributed by atoms with Crippen molar-refractivity contribution in [1.82, 2.24) is 15.0 Å². The lowest BCUT2D eigenvalue weighted by molar-refractivity contribution is -0.117. The maximum Gasteiger partial charge on any atom is 0.241 e. The van der Waals surface area contributed by atoms with E-state index in [9.17, 15) is 4.79 Å². The summed E-state index contributed by atoms with van der Waals surface area (Å²) >= 11 is 11.8. The average molecular weight is 435 g/mol. The molecule has 0 saturated heterocycles. The highest BCUT2D eigenvalue weighted by molar-refractivity contribution is 6.42. The van der Waals surface area contributed by atoms with E-state index in [4.69, 9.17) is 32.5 Å². The molecule has 0 atom stereocenters. The molecule has 29 heavy (non-hydrogen) atoms. The topological polar surface area (TPSA) is 80.5 Å². The van der Waals surface area contributed by atoms with Crippen LogP contribution in [0.2, 0.25) is 10.0 Å². The molecule has 1 aromatic heterocycles. The van der Waals surface area contributed by atoms with E-state index in [0.29, 0.717) is 40.6 Å². The van der Waals surface area contributed by atoms with Gasteiger partial charge < -0.3 is 14.6 Å². The number of nitrogens with zero attached hydrogens (tertiary/aromatic N) is 3. The molecule has 0 aliphatic rings. The van der Waals surface area contributed by atoms with Crippen molar-refractivity contribution in [3.05, 3.63) is 58.4 Å². The van der Waals surface area contributed by atoms with Crippen LogP contribution in [-0.2, 0) is 11.3 Å². The second-order valence-electron chi connectivity index (χ2n) is 6.32. The molecular weight excluding hydrogens is 415 g/mol. The van der Waals surface area contributed by atoms with Gasteiger partial charge in [0.1, 0.15) is 5.75 Å². The smallest absolute Gasteiger partial charge is 0.241 e. The number of benzene rings is 2. The van der Waals surface area contributed by atoms with Crippen molar-refractivity contribution in [2.75, 3.05) is 25.5 Å². The predicted octanol–water partition coefficient (Wildman–Crippen LogP) is 4.51. The van der Waals surface area contributed by atoms with Crippen LogP contribution in [0.3, 0.4) is 0 Å². The highest BCUT2D eigenvalue weighted by atomic mass is 35.5. The van der Waals surface area contributed by atoms with E-state index < -0.39 is 0 Å². The molecule has 0 saturated carbocycles. The average Bonchev–Trinajstić information content (AvgIpc) is 3.13. The fourth-order valence-corrected chi connectivity index (χ4v) is 2.91. The maximum atomic E-state index is 12.2. The van der Waals surface area contributed by atoms with Crippen LogP contribution in [0.25, 0.3) is 11.4 Å². The molecule has 0 bridgehead atoms. The first kappa shape index (κ1) is 21.1. The van der Waals surface area contributed by atoms with Crippen LogP contribution in [0.1, 0.15) is 12.8 Å². The molecule has 0 aliphatic heterocycles. The summed E-state index contributed by atoms with van der Waals surface area (Å²) in [7, 11) is 1.79. The number of anilines is 1. The Labute approximate surface area is 178 Å². The Morgan fingerprint density at radius 2 is 1.93 bits per heavy atom. The summed E-state index contributed by atoms with van der Waals surface area (Å²) in [5.74, 6) is 1.49. The number of aromatic nitrogens is 2. The Morgan fingerprint density at radius 1 is 1.17 bits per heavy atom. The van der Waals surface area contributed by atoms with Crippen LogP contribution < -0.4 is 10.1 Å². The highest BCUT2D eigenvalue weighted by Gasteiger charge is 2.14. The van der Waals surface area contributed by atoms with E-state index in [1.807, 2.05) is 31.2 Å². The van der Waals surface area contributed by atoms with Crippen LogP contribution in [0.5, 0.6) is 5.75 Å². The van der Waals surface area contributed by atoms with Gasteiger partial charge in [-0.05, 0) is 56.4 Å². The molecule has 0 aliphatic carbocycles. The van der Waals surface area contributed by atoms with Crippen LogP contribution in [-0.4, -0.2) is 41.1 Å². The Balaban J connectivity index is 1.54. The van der Waals surface area contributed by atoms with Gasteiger partial charge in [0.15, 0.2) is 0 Å². The fraction of sp³-hybridized carbons (Fsp3) is 0.250. The van der Waals surface area contributed by atoms with Crippen molar-refractivity contribution in [2.24, 2.45) is 0 Å². The molecule has 9 heteroatoms. The second-order valence-corrected chi connectivity index (χ2v) is 7.13. The number of hydrogen-bond donors (Lipinski definition) is 1. The van der Waals surface area contributed by atoms with Crippen molar-refractivity contribution in [3.8, 4) is 17.1 Å². The summed E-state index contributed by atoms with van der Waals surface area (Å²) in [6.45, 7) is 3.01. The SMILES string of the molecule is CCOc1ccc(-c2noc(CN(C)CC(=O)Nc3ccc(Cl)c(Cl)c3)n2)cc1. The number of likely N-dealkylation sites (N-methyl/N-ethyl adjacent to an activating group) is 1. The minimum Gasteiger partial charge on any atom is -0.494 e. The highest BCUT2D eigenvalue weighted by Crippen LogP contribution is 2.25. The summed E-state index contributed by atoms with van der Waals surface area (Å²) in [5.41, 5.74) is 1.40. The van der Waals surface area contributed by atoms with Crippen LogP contribution in [0.15, 0.2) is 47.0 Å². The Bertz CT molecular complexity index is 976. The molecule has 2 aromatic carbocycles. The minimum atomic E-state index is -0.197. The molecule has 3 aromatic rings. The molecule has 1 heterocycles.